The summed E-state index contributed by atoms with van der Waals surface area (Å²) in [7, 11) is 1.54. The number of ether oxygens (including phenoxy) is 2. The molecule has 0 aliphatic carbocycles. The Morgan fingerprint density at radius 3 is 2.06 bits per heavy atom. The van der Waals surface area contributed by atoms with E-state index in [1.165, 1.54) is 25.2 Å². The summed E-state index contributed by atoms with van der Waals surface area (Å²) in [5, 5.41) is 2.92. The van der Waals surface area contributed by atoms with Gasteiger partial charge in [-0.1, -0.05) is 60.7 Å². The maximum absolute atomic E-state index is 12.4. The molecule has 3 aromatic carbocycles. The van der Waals surface area contributed by atoms with Gasteiger partial charge in [0.2, 0.25) is 0 Å². The van der Waals surface area contributed by atoms with E-state index in [1.54, 1.807) is 18.2 Å². The largest absolute Gasteiger partial charge is 0.497 e. The van der Waals surface area contributed by atoms with Crippen LogP contribution in [0.2, 0.25) is 0 Å². The molecule has 0 aliphatic heterocycles. The number of ketones is 1. The third-order valence-electron chi connectivity index (χ3n) is 5.09. The topological polar surface area (TPSA) is 64.6 Å². The number of carbonyl (C=O) groups is 2. The Labute approximate surface area is 183 Å². The number of hydrogen-bond donors (Lipinski definition) is 1. The quantitative estimate of drug-likeness (QED) is 0.489. The zero-order valence-electron chi connectivity index (χ0n) is 17.8. The molecule has 5 nitrogen and oxygen atoms in total. The van der Waals surface area contributed by atoms with Crippen LogP contribution in [0.25, 0.3) is 0 Å². The van der Waals surface area contributed by atoms with Crippen molar-refractivity contribution in [2.24, 2.45) is 0 Å². The lowest BCUT2D eigenvalue weighted by molar-refractivity contribution is -0.123. The van der Waals surface area contributed by atoms with Crippen LogP contribution in [0.3, 0.4) is 0 Å². The fraction of sp³-hybridized carbons (Fsp3) is 0.231. The molecular weight excluding hydrogens is 390 g/mol. The molecule has 0 bridgehead atoms. The van der Waals surface area contributed by atoms with Crippen molar-refractivity contribution in [2.45, 2.75) is 19.3 Å². The molecule has 1 amide bonds. The van der Waals surface area contributed by atoms with Gasteiger partial charge < -0.3 is 14.8 Å². The molecule has 0 spiro atoms. The summed E-state index contributed by atoms with van der Waals surface area (Å²) < 4.78 is 10.8. The summed E-state index contributed by atoms with van der Waals surface area (Å²) in [6.07, 6.45) is 0.762. The minimum atomic E-state index is -0.239. The van der Waals surface area contributed by atoms with Crippen LogP contribution in [0.4, 0.5) is 0 Å². The Kier molecular flexibility index (Phi) is 7.82. The smallest absolute Gasteiger partial charge is 0.257 e. The van der Waals surface area contributed by atoms with Crippen molar-refractivity contribution >= 4 is 11.7 Å². The highest BCUT2D eigenvalue weighted by molar-refractivity contribution is 5.97. The molecule has 0 aliphatic rings. The van der Waals surface area contributed by atoms with Crippen molar-refractivity contribution in [2.75, 3.05) is 20.3 Å². The number of carbonyl (C=O) groups excluding carboxylic acids is 2. The SMILES string of the molecule is COc1ccc(C(C)=O)c(OCC(=O)NCCC(c2ccccc2)c2ccccc2)c1. The highest BCUT2D eigenvalue weighted by Gasteiger charge is 2.15. The van der Waals surface area contributed by atoms with Crippen LogP contribution in [0.1, 0.15) is 40.7 Å². The van der Waals surface area contributed by atoms with Crippen molar-refractivity contribution in [3.63, 3.8) is 0 Å². The molecule has 0 fully saturated rings. The zero-order chi connectivity index (χ0) is 22.1. The summed E-state index contributed by atoms with van der Waals surface area (Å²) in [6.45, 7) is 1.80. The lowest BCUT2D eigenvalue weighted by atomic mass is 9.88. The fourth-order valence-corrected chi connectivity index (χ4v) is 3.49. The molecule has 0 radical (unpaired) electrons. The second kappa shape index (κ2) is 11.0. The second-order valence-corrected chi connectivity index (χ2v) is 7.22. The standard InChI is InChI=1S/C26H27NO4/c1-19(28)23-14-13-22(30-2)17-25(23)31-18-26(29)27-16-15-24(20-9-5-3-6-10-20)21-11-7-4-8-12-21/h3-14,17,24H,15-16,18H2,1-2H3,(H,27,29). The van der Waals surface area contributed by atoms with Gasteiger partial charge in [-0.3, -0.25) is 9.59 Å². The first kappa shape index (κ1) is 22.1. The highest BCUT2D eigenvalue weighted by Crippen LogP contribution is 2.27. The molecule has 0 heterocycles. The van der Waals surface area contributed by atoms with Gasteiger partial charge in [-0.2, -0.15) is 0 Å². The van der Waals surface area contributed by atoms with Crippen molar-refractivity contribution < 1.29 is 19.1 Å². The van der Waals surface area contributed by atoms with Gasteiger partial charge in [-0.15, -0.1) is 0 Å². The molecule has 5 heteroatoms. The van der Waals surface area contributed by atoms with E-state index < -0.39 is 0 Å². The first-order valence-corrected chi connectivity index (χ1v) is 10.3. The molecule has 0 atom stereocenters. The molecule has 0 saturated heterocycles. The van der Waals surface area contributed by atoms with Gasteiger partial charge in [-0.25, -0.2) is 0 Å². The Morgan fingerprint density at radius 1 is 0.903 bits per heavy atom. The van der Waals surface area contributed by atoms with E-state index in [0.717, 1.165) is 6.42 Å². The van der Waals surface area contributed by atoms with E-state index in [2.05, 4.69) is 29.6 Å². The van der Waals surface area contributed by atoms with E-state index in [1.807, 2.05) is 36.4 Å². The number of rotatable bonds is 10. The van der Waals surface area contributed by atoms with Crippen LogP contribution in [0, 0.1) is 0 Å². The van der Waals surface area contributed by atoms with E-state index in [-0.39, 0.29) is 24.2 Å². The van der Waals surface area contributed by atoms with Crippen molar-refractivity contribution in [1.82, 2.24) is 5.32 Å². The number of nitrogens with one attached hydrogen (secondary N) is 1. The third kappa shape index (κ3) is 6.19. The van der Waals surface area contributed by atoms with E-state index in [4.69, 9.17) is 9.47 Å². The third-order valence-corrected chi connectivity index (χ3v) is 5.09. The number of benzene rings is 3. The molecule has 1 N–H and O–H groups in total. The molecule has 0 saturated carbocycles. The lowest BCUT2D eigenvalue weighted by Gasteiger charge is -2.18. The summed E-state index contributed by atoms with van der Waals surface area (Å²) in [6, 6.07) is 25.5. The van der Waals surface area contributed by atoms with Crippen LogP contribution in [0.15, 0.2) is 78.9 Å². The number of methoxy groups -OCH3 is 1. The van der Waals surface area contributed by atoms with Gasteiger partial charge >= 0.3 is 0 Å². The van der Waals surface area contributed by atoms with Gasteiger partial charge in [0.05, 0.1) is 12.7 Å². The summed E-state index contributed by atoms with van der Waals surface area (Å²) in [5.74, 6) is 0.720. The first-order chi connectivity index (χ1) is 15.1. The monoisotopic (exact) mass is 417 g/mol. The van der Waals surface area contributed by atoms with Crippen LogP contribution in [0.5, 0.6) is 11.5 Å². The van der Waals surface area contributed by atoms with Gasteiger partial charge in [0.15, 0.2) is 12.4 Å². The Bertz CT molecular complexity index is 963. The lowest BCUT2D eigenvalue weighted by Crippen LogP contribution is -2.30. The summed E-state index contributed by atoms with van der Waals surface area (Å²) in [4.78, 5) is 24.2. The molecule has 160 valence electrons. The fourth-order valence-electron chi connectivity index (χ4n) is 3.49. The number of hydrogen-bond acceptors (Lipinski definition) is 4. The van der Waals surface area contributed by atoms with Crippen LogP contribution in [-0.4, -0.2) is 32.0 Å². The number of Topliss-reactive ketones (excluding diaryl/α,β-unsaturated/α-hetero) is 1. The maximum Gasteiger partial charge on any atom is 0.257 e. The van der Waals surface area contributed by atoms with Gasteiger partial charge in [-0.05, 0) is 36.6 Å². The van der Waals surface area contributed by atoms with Gasteiger partial charge in [0.1, 0.15) is 11.5 Å². The van der Waals surface area contributed by atoms with Crippen molar-refractivity contribution in [3.05, 3.63) is 95.6 Å². The van der Waals surface area contributed by atoms with Crippen LogP contribution < -0.4 is 14.8 Å². The highest BCUT2D eigenvalue weighted by atomic mass is 16.5. The first-order valence-electron chi connectivity index (χ1n) is 10.3. The predicted octanol–water partition coefficient (Wildman–Crippen LogP) is 4.62. The number of amides is 1. The molecule has 3 rings (SSSR count). The van der Waals surface area contributed by atoms with Crippen molar-refractivity contribution in [3.8, 4) is 11.5 Å². The Morgan fingerprint density at radius 2 is 1.52 bits per heavy atom. The molecule has 0 unspecified atom stereocenters. The van der Waals surface area contributed by atoms with Crippen LogP contribution in [-0.2, 0) is 4.79 Å². The molecule has 31 heavy (non-hydrogen) atoms. The Hall–Kier alpha value is -3.60. The van der Waals surface area contributed by atoms with E-state index in [0.29, 0.717) is 23.6 Å². The summed E-state index contributed by atoms with van der Waals surface area (Å²) >= 11 is 0. The molecule has 3 aromatic rings. The molecule has 0 aromatic heterocycles. The average Bonchev–Trinajstić information content (AvgIpc) is 2.81. The second-order valence-electron chi connectivity index (χ2n) is 7.22. The normalized spacial score (nSPS) is 10.5. The van der Waals surface area contributed by atoms with E-state index >= 15 is 0 Å². The average molecular weight is 418 g/mol. The minimum absolute atomic E-state index is 0.133. The van der Waals surface area contributed by atoms with Gasteiger partial charge in [0, 0.05) is 18.5 Å². The Balaban J connectivity index is 1.58. The zero-order valence-corrected chi connectivity index (χ0v) is 17.8. The summed E-state index contributed by atoms with van der Waals surface area (Å²) in [5.41, 5.74) is 2.84. The van der Waals surface area contributed by atoms with Crippen LogP contribution >= 0.6 is 0 Å². The van der Waals surface area contributed by atoms with Gasteiger partial charge in [0.25, 0.3) is 5.91 Å². The van der Waals surface area contributed by atoms with Crippen molar-refractivity contribution in [1.29, 1.82) is 0 Å². The maximum atomic E-state index is 12.4. The molecular formula is C26H27NO4. The van der Waals surface area contributed by atoms with E-state index in [9.17, 15) is 9.59 Å². The minimum Gasteiger partial charge on any atom is -0.497 e. The predicted molar refractivity (Wildman–Crippen MR) is 121 cm³/mol.